The first kappa shape index (κ1) is 9.50. The number of nitrogens with two attached hydrogens (primary N) is 1. The maximum atomic E-state index is 8.81. The Bertz CT molecular complexity index is 361. The molecule has 0 spiro atoms. The van der Waals surface area contributed by atoms with Crippen LogP contribution in [0.4, 0.5) is 0 Å². The highest BCUT2D eigenvalue weighted by molar-refractivity contribution is 5.42. The van der Waals surface area contributed by atoms with Crippen LogP contribution >= 0.6 is 0 Å². The maximum Gasteiger partial charge on any atom is 0.0995 e. The van der Waals surface area contributed by atoms with Gasteiger partial charge in [-0.05, 0) is 18.6 Å². The molecule has 0 aliphatic rings. The summed E-state index contributed by atoms with van der Waals surface area (Å²) < 4.78 is 0. The van der Waals surface area contributed by atoms with Crippen LogP contribution in [0.2, 0.25) is 0 Å². The minimum Gasteiger partial charge on any atom is -0.321 e. The van der Waals surface area contributed by atoms with E-state index in [1.54, 1.807) is 12.1 Å². The summed E-state index contributed by atoms with van der Waals surface area (Å²) in [7, 11) is 0. The number of nitrogens with zero attached hydrogens (tertiary/aromatic N) is 1. The van der Waals surface area contributed by atoms with Crippen LogP contribution in [0.3, 0.4) is 0 Å². The van der Waals surface area contributed by atoms with Crippen molar-refractivity contribution >= 4 is 0 Å². The Morgan fingerprint density at radius 1 is 1.62 bits per heavy atom. The van der Waals surface area contributed by atoms with E-state index in [0.29, 0.717) is 5.56 Å². The third-order valence-corrected chi connectivity index (χ3v) is 1.94. The quantitative estimate of drug-likeness (QED) is 0.694. The number of nitriles is 1. The topological polar surface area (TPSA) is 49.8 Å². The van der Waals surface area contributed by atoms with Crippen molar-refractivity contribution in [2.24, 2.45) is 5.73 Å². The summed E-state index contributed by atoms with van der Waals surface area (Å²) in [5.41, 5.74) is 8.34. The first-order chi connectivity index (χ1) is 6.19. The molecule has 1 aromatic carbocycles. The Kier molecular flexibility index (Phi) is 2.84. The van der Waals surface area contributed by atoms with Gasteiger partial charge in [-0.25, -0.2) is 0 Å². The Labute approximate surface area is 78.3 Å². The van der Waals surface area contributed by atoms with Crippen molar-refractivity contribution < 1.29 is 0 Å². The fraction of sp³-hybridized carbons (Fsp3) is 0.182. The second kappa shape index (κ2) is 3.88. The minimum absolute atomic E-state index is 0.255. The first-order valence-electron chi connectivity index (χ1n) is 4.08. The smallest absolute Gasteiger partial charge is 0.0995 e. The summed E-state index contributed by atoms with van der Waals surface area (Å²) in [5.74, 6) is 0. The summed E-state index contributed by atoms with van der Waals surface area (Å²) in [6, 6.07) is 7.46. The number of hydrogen-bond donors (Lipinski definition) is 1. The molecule has 0 aliphatic carbocycles. The lowest BCUT2D eigenvalue weighted by molar-refractivity contribution is 0.907. The molecule has 0 heterocycles. The highest BCUT2D eigenvalue weighted by Gasteiger charge is 2.07. The van der Waals surface area contributed by atoms with Gasteiger partial charge >= 0.3 is 0 Å². The normalized spacial score (nSPS) is 11.8. The van der Waals surface area contributed by atoms with Gasteiger partial charge in [-0.1, -0.05) is 23.8 Å². The van der Waals surface area contributed by atoms with Crippen molar-refractivity contribution in [2.45, 2.75) is 13.0 Å². The van der Waals surface area contributed by atoms with E-state index < -0.39 is 0 Å². The number of benzene rings is 1. The molecular formula is C11H12N2. The average Bonchev–Trinajstić information content (AvgIpc) is 2.16. The van der Waals surface area contributed by atoms with E-state index in [0.717, 1.165) is 11.1 Å². The van der Waals surface area contributed by atoms with Crippen LogP contribution in [0.15, 0.2) is 30.9 Å². The molecule has 0 fully saturated rings. The molecule has 0 unspecified atom stereocenters. The van der Waals surface area contributed by atoms with Gasteiger partial charge in [-0.3, -0.25) is 0 Å². The van der Waals surface area contributed by atoms with Crippen LogP contribution in [0.25, 0.3) is 0 Å². The maximum absolute atomic E-state index is 8.81. The molecule has 0 bridgehead atoms. The van der Waals surface area contributed by atoms with Crippen molar-refractivity contribution in [3.8, 4) is 6.07 Å². The predicted octanol–water partition coefficient (Wildman–Crippen LogP) is 2.05. The fourth-order valence-electron chi connectivity index (χ4n) is 1.19. The summed E-state index contributed by atoms with van der Waals surface area (Å²) in [6.45, 7) is 5.58. The summed E-state index contributed by atoms with van der Waals surface area (Å²) >= 11 is 0. The van der Waals surface area contributed by atoms with Crippen molar-refractivity contribution in [1.29, 1.82) is 5.26 Å². The second-order valence-corrected chi connectivity index (χ2v) is 2.96. The molecular weight excluding hydrogens is 160 g/mol. The number of aryl methyl sites for hydroxylation is 1. The lowest BCUT2D eigenvalue weighted by atomic mass is 9.99. The van der Waals surface area contributed by atoms with Crippen LogP contribution in [0, 0.1) is 18.3 Å². The van der Waals surface area contributed by atoms with Gasteiger partial charge in [0.15, 0.2) is 0 Å². The van der Waals surface area contributed by atoms with Gasteiger partial charge in [-0.2, -0.15) is 5.26 Å². The van der Waals surface area contributed by atoms with Crippen LogP contribution < -0.4 is 5.73 Å². The van der Waals surface area contributed by atoms with Gasteiger partial charge < -0.3 is 5.73 Å². The van der Waals surface area contributed by atoms with E-state index in [2.05, 4.69) is 12.6 Å². The zero-order valence-corrected chi connectivity index (χ0v) is 7.62. The highest BCUT2D eigenvalue weighted by atomic mass is 14.6. The molecule has 0 aliphatic heterocycles. The first-order valence-corrected chi connectivity index (χ1v) is 4.08. The third-order valence-electron chi connectivity index (χ3n) is 1.94. The Morgan fingerprint density at radius 3 is 2.85 bits per heavy atom. The Morgan fingerprint density at radius 2 is 2.31 bits per heavy atom. The molecule has 2 heteroatoms. The van der Waals surface area contributed by atoms with Crippen LogP contribution in [-0.2, 0) is 0 Å². The van der Waals surface area contributed by atoms with Gasteiger partial charge in [0.1, 0.15) is 0 Å². The van der Waals surface area contributed by atoms with Crippen LogP contribution in [-0.4, -0.2) is 0 Å². The Balaban J connectivity index is 3.25. The van der Waals surface area contributed by atoms with E-state index in [1.165, 1.54) is 0 Å². The SMILES string of the molecule is C=C[C@@H](N)c1cc(C)ccc1C#N. The standard InChI is InChI=1S/C11H12N2/c1-3-11(13)10-6-8(2)4-5-9(10)7-12/h3-6,11H,1,13H2,2H3/t11-/m1/s1. The summed E-state index contributed by atoms with van der Waals surface area (Å²) in [6.07, 6.45) is 1.63. The predicted molar refractivity (Wildman–Crippen MR) is 53.0 cm³/mol. The van der Waals surface area contributed by atoms with Crippen LogP contribution in [0.1, 0.15) is 22.7 Å². The van der Waals surface area contributed by atoms with Crippen molar-refractivity contribution in [2.75, 3.05) is 0 Å². The molecule has 66 valence electrons. The monoisotopic (exact) mass is 172 g/mol. The number of hydrogen-bond acceptors (Lipinski definition) is 2. The van der Waals surface area contributed by atoms with E-state index in [4.69, 9.17) is 11.0 Å². The molecule has 0 radical (unpaired) electrons. The molecule has 2 N–H and O–H groups in total. The minimum atomic E-state index is -0.255. The van der Waals surface area contributed by atoms with Gasteiger partial charge in [0, 0.05) is 6.04 Å². The lowest BCUT2D eigenvalue weighted by Gasteiger charge is -2.09. The summed E-state index contributed by atoms with van der Waals surface area (Å²) in [4.78, 5) is 0. The largest absolute Gasteiger partial charge is 0.321 e. The van der Waals surface area contributed by atoms with Crippen molar-refractivity contribution in [3.05, 3.63) is 47.5 Å². The van der Waals surface area contributed by atoms with Gasteiger partial charge in [0.05, 0.1) is 11.6 Å². The molecule has 1 rings (SSSR count). The van der Waals surface area contributed by atoms with E-state index in [9.17, 15) is 0 Å². The second-order valence-electron chi connectivity index (χ2n) is 2.96. The zero-order chi connectivity index (χ0) is 9.84. The third kappa shape index (κ3) is 1.95. The molecule has 0 aromatic heterocycles. The van der Waals surface area contributed by atoms with E-state index in [-0.39, 0.29) is 6.04 Å². The molecule has 1 atom stereocenters. The Hall–Kier alpha value is -1.59. The van der Waals surface area contributed by atoms with Gasteiger partial charge in [0.2, 0.25) is 0 Å². The highest BCUT2D eigenvalue weighted by Crippen LogP contribution is 2.17. The average molecular weight is 172 g/mol. The van der Waals surface area contributed by atoms with E-state index in [1.807, 2.05) is 19.1 Å². The van der Waals surface area contributed by atoms with E-state index >= 15 is 0 Å². The molecule has 0 saturated heterocycles. The fourth-order valence-corrected chi connectivity index (χ4v) is 1.19. The van der Waals surface area contributed by atoms with Crippen molar-refractivity contribution in [1.82, 2.24) is 0 Å². The molecule has 1 aromatic rings. The van der Waals surface area contributed by atoms with Gasteiger partial charge in [-0.15, -0.1) is 6.58 Å². The summed E-state index contributed by atoms with van der Waals surface area (Å²) in [5, 5.41) is 8.81. The lowest BCUT2D eigenvalue weighted by Crippen LogP contribution is -2.08. The molecule has 0 amide bonds. The molecule has 2 nitrogen and oxygen atoms in total. The molecule has 0 saturated carbocycles. The zero-order valence-electron chi connectivity index (χ0n) is 7.62. The molecule has 13 heavy (non-hydrogen) atoms. The van der Waals surface area contributed by atoms with Crippen LogP contribution in [0.5, 0.6) is 0 Å². The van der Waals surface area contributed by atoms with Gasteiger partial charge in [0.25, 0.3) is 0 Å². The number of rotatable bonds is 2. The van der Waals surface area contributed by atoms with Crippen molar-refractivity contribution in [3.63, 3.8) is 0 Å².